The second kappa shape index (κ2) is 7.36. The number of nitrogens with one attached hydrogen (secondary N) is 1. The van der Waals surface area contributed by atoms with Crippen molar-refractivity contribution in [3.05, 3.63) is 47.5 Å². The topological polar surface area (TPSA) is 50.5 Å². The molecule has 2 aromatic rings. The van der Waals surface area contributed by atoms with Crippen LogP contribution in [0.4, 0.5) is 5.88 Å². The van der Waals surface area contributed by atoms with Gasteiger partial charge in [0.05, 0.1) is 18.8 Å². The third kappa shape index (κ3) is 3.79. The predicted octanol–water partition coefficient (Wildman–Crippen LogP) is 3.10. The zero-order valence-electron chi connectivity index (χ0n) is 14.8. The Hall–Kier alpha value is -1.85. The van der Waals surface area contributed by atoms with Crippen LogP contribution in [0.3, 0.4) is 0 Å². The molecule has 0 aliphatic carbocycles. The number of morpholine rings is 1. The highest BCUT2D eigenvalue weighted by atomic mass is 16.5. The van der Waals surface area contributed by atoms with Crippen molar-refractivity contribution >= 4 is 5.88 Å². The van der Waals surface area contributed by atoms with E-state index < -0.39 is 0 Å². The molecule has 0 bridgehead atoms. The third-order valence-corrected chi connectivity index (χ3v) is 4.42. The van der Waals surface area contributed by atoms with Gasteiger partial charge in [-0.05, 0) is 25.8 Å². The lowest BCUT2D eigenvalue weighted by atomic mass is 10.1. The average molecular weight is 329 g/mol. The molecule has 1 aromatic heterocycles. The normalized spacial score (nSPS) is 15.7. The first-order valence-corrected chi connectivity index (χ1v) is 8.72. The minimum Gasteiger partial charge on any atom is -0.423 e. The highest BCUT2D eigenvalue weighted by Crippen LogP contribution is 2.29. The number of hydrogen-bond donors (Lipinski definition) is 1. The molecular formula is C19H27N3O2. The molecule has 0 radical (unpaired) electrons. The van der Waals surface area contributed by atoms with Crippen LogP contribution >= 0.6 is 0 Å². The van der Waals surface area contributed by atoms with Gasteiger partial charge in [-0.1, -0.05) is 37.3 Å². The van der Waals surface area contributed by atoms with Gasteiger partial charge in [0.1, 0.15) is 5.69 Å². The Bertz CT molecular complexity index is 646. The first-order valence-electron chi connectivity index (χ1n) is 8.72. The van der Waals surface area contributed by atoms with Gasteiger partial charge < -0.3 is 14.1 Å². The first kappa shape index (κ1) is 17.0. The number of rotatable bonds is 6. The van der Waals surface area contributed by atoms with E-state index in [0.717, 1.165) is 56.7 Å². The fraction of sp³-hybridized carbons (Fsp3) is 0.526. The Kier molecular flexibility index (Phi) is 5.21. The van der Waals surface area contributed by atoms with Gasteiger partial charge in [0.25, 0.3) is 0 Å². The van der Waals surface area contributed by atoms with Crippen molar-refractivity contribution in [3.8, 4) is 0 Å². The van der Waals surface area contributed by atoms with Crippen molar-refractivity contribution in [1.82, 2.24) is 10.3 Å². The largest absolute Gasteiger partial charge is 0.423 e. The molecule has 1 saturated heterocycles. The summed E-state index contributed by atoms with van der Waals surface area (Å²) in [4.78, 5) is 7.02. The lowest BCUT2D eigenvalue weighted by molar-refractivity contribution is 0.120. The molecule has 2 heterocycles. The summed E-state index contributed by atoms with van der Waals surface area (Å²) in [6.07, 6.45) is 0.866. The lowest BCUT2D eigenvalue weighted by Gasteiger charge is -2.27. The van der Waals surface area contributed by atoms with Gasteiger partial charge in [0, 0.05) is 19.6 Å². The molecule has 1 fully saturated rings. The average Bonchev–Trinajstić information content (AvgIpc) is 3.07. The molecule has 3 rings (SSSR count). The number of anilines is 1. The molecule has 0 amide bonds. The number of benzene rings is 1. The molecule has 1 aliphatic rings. The maximum atomic E-state index is 6.20. The Morgan fingerprint density at radius 3 is 2.54 bits per heavy atom. The van der Waals surface area contributed by atoms with Crippen molar-refractivity contribution in [3.63, 3.8) is 0 Å². The summed E-state index contributed by atoms with van der Waals surface area (Å²) in [5, 5.41) is 3.56. The molecule has 5 heteroatoms. The van der Waals surface area contributed by atoms with E-state index in [1.807, 2.05) is 6.07 Å². The van der Waals surface area contributed by atoms with Gasteiger partial charge in [0.15, 0.2) is 0 Å². The van der Waals surface area contributed by atoms with E-state index in [1.54, 1.807) is 0 Å². The molecule has 5 nitrogen and oxygen atoms in total. The maximum Gasteiger partial charge on any atom is 0.219 e. The predicted molar refractivity (Wildman–Crippen MR) is 95.2 cm³/mol. The molecule has 0 saturated carbocycles. The van der Waals surface area contributed by atoms with E-state index in [2.05, 4.69) is 55.3 Å². The second-order valence-corrected chi connectivity index (χ2v) is 6.69. The summed E-state index contributed by atoms with van der Waals surface area (Å²) in [6, 6.07) is 10.4. The van der Waals surface area contributed by atoms with Gasteiger partial charge in [0.2, 0.25) is 11.8 Å². The minimum absolute atomic E-state index is 0.329. The van der Waals surface area contributed by atoms with Crippen molar-refractivity contribution in [2.75, 3.05) is 31.2 Å². The number of ether oxygens (including phenoxy) is 1. The highest BCUT2D eigenvalue weighted by molar-refractivity contribution is 5.42. The molecule has 0 spiro atoms. The van der Waals surface area contributed by atoms with Crippen LogP contribution in [-0.2, 0) is 23.2 Å². The van der Waals surface area contributed by atoms with Gasteiger partial charge >= 0.3 is 0 Å². The molecule has 1 aromatic carbocycles. The van der Waals surface area contributed by atoms with Crippen LogP contribution in [-0.4, -0.2) is 31.3 Å². The number of aromatic nitrogens is 1. The van der Waals surface area contributed by atoms with E-state index in [0.29, 0.717) is 0 Å². The zero-order chi connectivity index (χ0) is 17.0. The van der Waals surface area contributed by atoms with E-state index in [-0.39, 0.29) is 5.54 Å². The van der Waals surface area contributed by atoms with Gasteiger partial charge in [-0.25, -0.2) is 4.98 Å². The summed E-state index contributed by atoms with van der Waals surface area (Å²) >= 11 is 0. The van der Waals surface area contributed by atoms with Crippen LogP contribution < -0.4 is 10.2 Å². The van der Waals surface area contributed by atoms with Crippen molar-refractivity contribution in [2.45, 2.75) is 39.3 Å². The van der Waals surface area contributed by atoms with Crippen molar-refractivity contribution < 1.29 is 9.15 Å². The quantitative estimate of drug-likeness (QED) is 0.882. The summed E-state index contributed by atoms with van der Waals surface area (Å²) < 4.78 is 11.6. The molecule has 0 atom stereocenters. The van der Waals surface area contributed by atoms with Crippen LogP contribution in [0.2, 0.25) is 0 Å². The second-order valence-electron chi connectivity index (χ2n) is 6.69. The summed E-state index contributed by atoms with van der Waals surface area (Å²) in [5.74, 6) is 1.65. The van der Waals surface area contributed by atoms with Crippen LogP contribution in [0, 0.1) is 0 Å². The van der Waals surface area contributed by atoms with E-state index in [9.17, 15) is 0 Å². The fourth-order valence-corrected chi connectivity index (χ4v) is 2.85. The van der Waals surface area contributed by atoms with Gasteiger partial charge in [-0.15, -0.1) is 0 Å². The van der Waals surface area contributed by atoms with Crippen LogP contribution in [0.15, 0.2) is 34.7 Å². The molecule has 1 N–H and O–H groups in total. The van der Waals surface area contributed by atoms with E-state index >= 15 is 0 Å². The van der Waals surface area contributed by atoms with E-state index in [1.165, 1.54) is 5.56 Å². The van der Waals surface area contributed by atoms with Gasteiger partial charge in [-0.3, -0.25) is 5.32 Å². The van der Waals surface area contributed by atoms with Gasteiger partial charge in [-0.2, -0.15) is 0 Å². The monoisotopic (exact) mass is 329 g/mol. The Labute approximate surface area is 144 Å². The Balaban J connectivity index is 1.75. The molecule has 1 aliphatic heterocycles. The summed E-state index contributed by atoms with van der Waals surface area (Å²) in [5.41, 5.74) is 1.95. The van der Waals surface area contributed by atoms with Crippen LogP contribution in [0.5, 0.6) is 0 Å². The Morgan fingerprint density at radius 1 is 1.17 bits per heavy atom. The smallest absolute Gasteiger partial charge is 0.219 e. The molecule has 24 heavy (non-hydrogen) atoms. The van der Waals surface area contributed by atoms with Crippen LogP contribution in [0.1, 0.15) is 37.9 Å². The van der Waals surface area contributed by atoms with Crippen molar-refractivity contribution in [2.24, 2.45) is 0 Å². The maximum absolute atomic E-state index is 6.20. The molecular weight excluding hydrogens is 302 g/mol. The number of nitrogens with zero attached hydrogens (tertiary/aromatic N) is 2. The standard InChI is InChI=1S/C19H27N3O2/c1-4-16-17(22-10-12-23-13-11-22)24-18(21-16)19(2,3)20-14-15-8-6-5-7-9-15/h5-9,20H,4,10-14H2,1-3H3. The van der Waals surface area contributed by atoms with Crippen molar-refractivity contribution in [1.29, 1.82) is 0 Å². The summed E-state index contributed by atoms with van der Waals surface area (Å²) in [6.45, 7) is 10.3. The first-order chi connectivity index (χ1) is 11.6. The van der Waals surface area contributed by atoms with Crippen LogP contribution in [0.25, 0.3) is 0 Å². The molecule has 0 unspecified atom stereocenters. The number of aryl methyl sites for hydroxylation is 1. The minimum atomic E-state index is -0.329. The SMILES string of the molecule is CCc1nc(C(C)(C)NCc2ccccc2)oc1N1CCOCC1. The Morgan fingerprint density at radius 2 is 1.88 bits per heavy atom. The highest BCUT2D eigenvalue weighted by Gasteiger charge is 2.29. The number of hydrogen-bond acceptors (Lipinski definition) is 5. The van der Waals surface area contributed by atoms with E-state index in [4.69, 9.17) is 14.1 Å². The summed E-state index contributed by atoms with van der Waals surface area (Å²) in [7, 11) is 0. The number of oxazole rings is 1. The zero-order valence-corrected chi connectivity index (χ0v) is 14.8. The fourth-order valence-electron chi connectivity index (χ4n) is 2.85. The molecule has 130 valence electrons. The third-order valence-electron chi connectivity index (χ3n) is 4.42. The lowest BCUT2D eigenvalue weighted by Crippen LogP contribution is -2.37.